The number of nitrogens with one attached hydrogen (secondary N) is 1. The second-order valence-corrected chi connectivity index (χ2v) is 4.39. The van der Waals surface area contributed by atoms with Crippen LogP contribution in [0.1, 0.15) is 5.82 Å². The van der Waals surface area contributed by atoms with E-state index in [-0.39, 0.29) is 11.4 Å². The fourth-order valence-electron chi connectivity index (χ4n) is 2.08. The summed E-state index contributed by atoms with van der Waals surface area (Å²) in [4.78, 5) is 18.7. The number of H-pyrrole nitrogens is 1. The molecule has 0 aliphatic rings. The van der Waals surface area contributed by atoms with Gasteiger partial charge in [0.15, 0.2) is 0 Å². The first kappa shape index (κ1) is 11.6. The molecular weight excluding hydrogens is 243 g/mol. The van der Waals surface area contributed by atoms with Crippen molar-refractivity contribution in [3.8, 4) is 11.1 Å². The zero-order valence-corrected chi connectivity index (χ0v) is 10.3. The second kappa shape index (κ2) is 4.31. The van der Waals surface area contributed by atoms with Crippen LogP contribution in [0, 0.1) is 12.7 Å². The molecule has 0 amide bonds. The Labute approximate surface area is 108 Å². The zero-order valence-electron chi connectivity index (χ0n) is 10.3. The van der Waals surface area contributed by atoms with Gasteiger partial charge in [-0.15, -0.1) is 0 Å². The van der Waals surface area contributed by atoms with Gasteiger partial charge in [-0.25, -0.2) is 9.37 Å². The molecule has 1 aromatic heterocycles. The first-order valence-electron chi connectivity index (χ1n) is 5.90. The molecule has 19 heavy (non-hydrogen) atoms. The first-order valence-corrected chi connectivity index (χ1v) is 5.90. The van der Waals surface area contributed by atoms with Gasteiger partial charge in [0.25, 0.3) is 5.56 Å². The minimum Gasteiger partial charge on any atom is -0.310 e. The van der Waals surface area contributed by atoms with Gasteiger partial charge in [0, 0.05) is 0 Å². The standard InChI is InChI=1S/C15H11FN2O/c1-9-17-14-8-11(4-7-13(14)15(19)18-9)10-2-5-12(16)6-3-10/h2-8H,1H3,(H,17,18,19). The maximum atomic E-state index is 12.9. The number of aryl methyl sites for hydroxylation is 1. The SMILES string of the molecule is Cc1nc2cc(-c3ccc(F)cc3)ccc2c(=O)[nH]1. The second-order valence-electron chi connectivity index (χ2n) is 4.39. The van der Waals surface area contributed by atoms with E-state index in [1.165, 1.54) is 12.1 Å². The Morgan fingerprint density at radius 2 is 1.74 bits per heavy atom. The number of aromatic nitrogens is 2. The van der Waals surface area contributed by atoms with Crippen molar-refractivity contribution in [2.24, 2.45) is 0 Å². The number of nitrogens with zero attached hydrogens (tertiary/aromatic N) is 1. The number of halogens is 1. The van der Waals surface area contributed by atoms with Crippen molar-refractivity contribution >= 4 is 10.9 Å². The highest BCUT2D eigenvalue weighted by atomic mass is 19.1. The van der Waals surface area contributed by atoms with Crippen LogP contribution in [0.2, 0.25) is 0 Å². The quantitative estimate of drug-likeness (QED) is 0.725. The predicted octanol–water partition coefficient (Wildman–Crippen LogP) is 3.04. The fourth-order valence-corrected chi connectivity index (χ4v) is 2.08. The molecule has 0 bridgehead atoms. The molecule has 0 radical (unpaired) electrons. The van der Waals surface area contributed by atoms with E-state index in [1.807, 2.05) is 12.1 Å². The third kappa shape index (κ3) is 2.12. The molecule has 94 valence electrons. The fraction of sp³-hybridized carbons (Fsp3) is 0.0667. The molecule has 0 atom stereocenters. The van der Waals surface area contributed by atoms with Gasteiger partial charge >= 0.3 is 0 Å². The Morgan fingerprint density at radius 1 is 1.05 bits per heavy atom. The van der Waals surface area contributed by atoms with Crippen LogP contribution < -0.4 is 5.56 Å². The van der Waals surface area contributed by atoms with Gasteiger partial charge in [-0.05, 0) is 42.3 Å². The third-order valence-electron chi connectivity index (χ3n) is 3.00. The van der Waals surface area contributed by atoms with Gasteiger partial charge in [0.1, 0.15) is 11.6 Å². The number of benzene rings is 2. The maximum Gasteiger partial charge on any atom is 0.258 e. The minimum atomic E-state index is -0.269. The Bertz CT molecular complexity index is 806. The molecule has 0 spiro atoms. The molecule has 4 heteroatoms. The van der Waals surface area contributed by atoms with E-state index in [9.17, 15) is 9.18 Å². The molecular formula is C15H11FN2O. The van der Waals surface area contributed by atoms with Crippen molar-refractivity contribution < 1.29 is 4.39 Å². The van der Waals surface area contributed by atoms with Crippen molar-refractivity contribution in [1.29, 1.82) is 0 Å². The summed E-state index contributed by atoms with van der Waals surface area (Å²) in [5.74, 6) is 0.309. The van der Waals surface area contributed by atoms with Crippen LogP contribution in [-0.2, 0) is 0 Å². The van der Waals surface area contributed by atoms with E-state index in [2.05, 4.69) is 9.97 Å². The van der Waals surface area contributed by atoms with E-state index in [0.717, 1.165) is 11.1 Å². The molecule has 0 unspecified atom stereocenters. The lowest BCUT2D eigenvalue weighted by atomic mass is 10.0. The number of hydrogen-bond donors (Lipinski definition) is 1. The number of aromatic amines is 1. The lowest BCUT2D eigenvalue weighted by Gasteiger charge is -2.04. The van der Waals surface area contributed by atoms with E-state index in [0.29, 0.717) is 16.7 Å². The highest BCUT2D eigenvalue weighted by Crippen LogP contribution is 2.22. The summed E-state index contributed by atoms with van der Waals surface area (Å²) in [6, 6.07) is 11.6. The summed E-state index contributed by atoms with van der Waals surface area (Å²) in [6.45, 7) is 1.74. The highest BCUT2D eigenvalue weighted by Gasteiger charge is 2.04. The smallest absolute Gasteiger partial charge is 0.258 e. The average molecular weight is 254 g/mol. The van der Waals surface area contributed by atoms with Crippen LogP contribution in [0.5, 0.6) is 0 Å². The largest absolute Gasteiger partial charge is 0.310 e. The third-order valence-corrected chi connectivity index (χ3v) is 3.00. The molecule has 3 nitrogen and oxygen atoms in total. The van der Waals surface area contributed by atoms with Gasteiger partial charge < -0.3 is 4.98 Å². The summed E-state index contributed by atoms with van der Waals surface area (Å²) in [5.41, 5.74) is 2.30. The van der Waals surface area contributed by atoms with Gasteiger partial charge in [-0.1, -0.05) is 18.2 Å². The Hall–Kier alpha value is -2.49. The van der Waals surface area contributed by atoms with Crippen molar-refractivity contribution in [2.75, 3.05) is 0 Å². The molecule has 0 saturated heterocycles. The van der Waals surface area contributed by atoms with Gasteiger partial charge in [-0.2, -0.15) is 0 Å². The van der Waals surface area contributed by atoms with Crippen molar-refractivity contribution in [2.45, 2.75) is 6.92 Å². The van der Waals surface area contributed by atoms with E-state index < -0.39 is 0 Å². The average Bonchev–Trinajstić information content (AvgIpc) is 2.38. The van der Waals surface area contributed by atoms with E-state index >= 15 is 0 Å². The maximum absolute atomic E-state index is 12.9. The van der Waals surface area contributed by atoms with Crippen LogP contribution in [-0.4, -0.2) is 9.97 Å². The Morgan fingerprint density at radius 3 is 2.47 bits per heavy atom. The van der Waals surface area contributed by atoms with E-state index in [1.54, 1.807) is 25.1 Å². The zero-order chi connectivity index (χ0) is 13.4. The van der Waals surface area contributed by atoms with E-state index in [4.69, 9.17) is 0 Å². The van der Waals surface area contributed by atoms with Gasteiger partial charge in [-0.3, -0.25) is 4.79 Å². The van der Waals surface area contributed by atoms with Crippen LogP contribution >= 0.6 is 0 Å². The summed E-state index contributed by atoms with van der Waals surface area (Å²) in [7, 11) is 0. The monoisotopic (exact) mass is 254 g/mol. The summed E-state index contributed by atoms with van der Waals surface area (Å²) in [5, 5.41) is 0.552. The predicted molar refractivity (Wildman–Crippen MR) is 72.5 cm³/mol. The van der Waals surface area contributed by atoms with Crippen LogP contribution in [0.4, 0.5) is 4.39 Å². The molecule has 2 aromatic carbocycles. The summed E-state index contributed by atoms with van der Waals surface area (Å²) < 4.78 is 12.9. The van der Waals surface area contributed by atoms with Crippen LogP contribution in [0.25, 0.3) is 22.0 Å². The minimum absolute atomic E-state index is 0.145. The molecule has 0 aliphatic heterocycles. The van der Waals surface area contributed by atoms with Gasteiger partial charge in [0.05, 0.1) is 10.9 Å². The number of hydrogen-bond acceptors (Lipinski definition) is 2. The van der Waals surface area contributed by atoms with Crippen molar-refractivity contribution in [1.82, 2.24) is 9.97 Å². The lowest BCUT2D eigenvalue weighted by molar-refractivity contribution is 0.628. The van der Waals surface area contributed by atoms with Crippen LogP contribution in [0.3, 0.4) is 0 Å². The molecule has 0 aliphatic carbocycles. The number of rotatable bonds is 1. The van der Waals surface area contributed by atoms with Crippen molar-refractivity contribution in [3.63, 3.8) is 0 Å². The number of fused-ring (bicyclic) bond motifs is 1. The molecule has 1 N–H and O–H groups in total. The first-order chi connectivity index (χ1) is 9.13. The van der Waals surface area contributed by atoms with Crippen molar-refractivity contribution in [3.05, 3.63) is 64.5 Å². The normalized spacial score (nSPS) is 10.8. The molecule has 0 fully saturated rings. The summed E-state index contributed by atoms with van der Waals surface area (Å²) in [6.07, 6.45) is 0. The molecule has 3 aromatic rings. The molecule has 1 heterocycles. The molecule has 0 saturated carbocycles. The van der Waals surface area contributed by atoms with Crippen LogP contribution in [0.15, 0.2) is 47.3 Å². The van der Waals surface area contributed by atoms with Gasteiger partial charge in [0.2, 0.25) is 0 Å². The summed E-state index contributed by atoms with van der Waals surface area (Å²) >= 11 is 0. The molecule has 3 rings (SSSR count). The topological polar surface area (TPSA) is 45.8 Å². The lowest BCUT2D eigenvalue weighted by Crippen LogP contribution is -2.09. The Balaban J connectivity index is 2.21. The highest BCUT2D eigenvalue weighted by molar-refractivity contribution is 5.83. The Kier molecular flexibility index (Phi) is 2.63.